The van der Waals surface area contributed by atoms with E-state index >= 15 is 0 Å². The third-order valence-corrected chi connectivity index (χ3v) is 2.78. The molecule has 0 bridgehead atoms. The highest BCUT2D eigenvalue weighted by Gasteiger charge is 2.17. The zero-order valence-electron chi connectivity index (χ0n) is 11.5. The van der Waals surface area contributed by atoms with Crippen LogP contribution in [0.1, 0.15) is 26.3 Å². The average Bonchev–Trinajstić information content (AvgIpc) is 2.27. The van der Waals surface area contributed by atoms with Crippen LogP contribution in [0.15, 0.2) is 22.7 Å². The second kappa shape index (κ2) is 6.88. The van der Waals surface area contributed by atoms with Crippen LogP contribution >= 0.6 is 15.9 Å². The molecule has 2 N–H and O–H groups in total. The van der Waals surface area contributed by atoms with Gasteiger partial charge < -0.3 is 9.57 Å². The van der Waals surface area contributed by atoms with Crippen LogP contribution in [0.4, 0.5) is 10.5 Å². The first kappa shape index (κ1) is 15.9. The molecule has 6 heteroatoms. The highest BCUT2D eigenvalue weighted by Crippen LogP contribution is 2.24. The van der Waals surface area contributed by atoms with Crippen molar-refractivity contribution >= 4 is 27.7 Å². The Hall–Kier alpha value is -1.11. The lowest BCUT2D eigenvalue weighted by molar-refractivity contribution is 0.0636. The van der Waals surface area contributed by atoms with E-state index in [0.29, 0.717) is 12.2 Å². The molecule has 0 atom stereocenters. The van der Waals surface area contributed by atoms with Crippen LogP contribution in [0.3, 0.4) is 0 Å². The number of hydrogen-bond acceptors (Lipinski definition) is 4. The van der Waals surface area contributed by atoms with Crippen molar-refractivity contribution < 1.29 is 14.4 Å². The van der Waals surface area contributed by atoms with Gasteiger partial charge in [0.25, 0.3) is 0 Å². The molecule has 1 rings (SSSR count). The predicted molar refractivity (Wildman–Crippen MR) is 77.8 cm³/mol. The number of hydrogen-bond donors (Lipinski definition) is 2. The molecule has 0 fully saturated rings. The molecule has 1 amide bonds. The molecular weight excluding hydrogens is 312 g/mol. The number of benzene rings is 1. The van der Waals surface area contributed by atoms with Gasteiger partial charge in [0.1, 0.15) is 5.60 Å². The van der Waals surface area contributed by atoms with Gasteiger partial charge in [-0.25, -0.2) is 4.79 Å². The van der Waals surface area contributed by atoms with Crippen LogP contribution < -0.4 is 10.8 Å². The highest BCUT2D eigenvalue weighted by molar-refractivity contribution is 9.10. The maximum Gasteiger partial charge on any atom is 0.412 e. The Balaban J connectivity index is 2.73. The van der Waals surface area contributed by atoms with E-state index in [1.54, 1.807) is 7.11 Å². The van der Waals surface area contributed by atoms with Crippen molar-refractivity contribution in [2.45, 2.75) is 32.9 Å². The largest absolute Gasteiger partial charge is 0.444 e. The number of nitrogens with one attached hydrogen (secondary N) is 2. The Labute approximate surface area is 121 Å². The fourth-order valence-corrected chi connectivity index (χ4v) is 1.69. The van der Waals surface area contributed by atoms with Gasteiger partial charge in [-0.15, -0.1) is 0 Å². The summed E-state index contributed by atoms with van der Waals surface area (Å²) < 4.78 is 6.00. The van der Waals surface area contributed by atoms with Crippen LogP contribution in [-0.2, 0) is 16.1 Å². The first-order valence-corrected chi connectivity index (χ1v) is 6.65. The molecule has 106 valence electrons. The normalized spacial score (nSPS) is 11.2. The number of carbonyl (C=O) groups is 1. The van der Waals surface area contributed by atoms with Crippen LogP contribution in [-0.4, -0.2) is 18.8 Å². The molecule has 0 radical (unpaired) electrons. The summed E-state index contributed by atoms with van der Waals surface area (Å²) in [5, 5.41) is 2.71. The Morgan fingerprint density at radius 3 is 2.63 bits per heavy atom. The lowest BCUT2D eigenvalue weighted by Crippen LogP contribution is -2.27. The zero-order chi connectivity index (χ0) is 14.5. The van der Waals surface area contributed by atoms with E-state index in [1.165, 1.54) is 0 Å². The molecule has 1 aromatic carbocycles. The van der Waals surface area contributed by atoms with Gasteiger partial charge in [0, 0.05) is 11.0 Å². The molecule has 0 heterocycles. The molecule has 0 spiro atoms. The van der Waals surface area contributed by atoms with E-state index in [9.17, 15) is 4.79 Å². The van der Waals surface area contributed by atoms with Crippen LogP contribution in [0.25, 0.3) is 0 Å². The maximum absolute atomic E-state index is 11.7. The van der Waals surface area contributed by atoms with Gasteiger partial charge in [0.2, 0.25) is 0 Å². The minimum atomic E-state index is -0.522. The number of halogens is 1. The molecule has 19 heavy (non-hydrogen) atoms. The quantitative estimate of drug-likeness (QED) is 0.830. The topological polar surface area (TPSA) is 59.6 Å². The monoisotopic (exact) mass is 330 g/mol. The number of amides is 1. The molecule has 0 aromatic heterocycles. The number of rotatable bonds is 4. The van der Waals surface area contributed by atoms with Gasteiger partial charge in [-0.05, 0) is 54.4 Å². The molecule has 1 aromatic rings. The van der Waals surface area contributed by atoms with Crippen molar-refractivity contribution in [3.63, 3.8) is 0 Å². The molecule has 5 nitrogen and oxygen atoms in total. The van der Waals surface area contributed by atoms with Gasteiger partial charge in [-0.2, -0.15) is 5.48 Å². The Morgan fingerprint density at radius 2 is 2.05 bits per heavy atom. The molecular formula is C13H19BrN2O3. The van der Waals surface area contributed by atoms with E-state index in [4.69, 9.17) is 9.57 Å². The zero-order valence-corrected chi connectivity index (χ0v) is 13.1. The van der Waals surface area contributed by atoms with Crippen molar-refractivity contribution in [1.82, 2.24) is 5.48 Å². The molecule has 0 saturated heterocycles. The van der Waals surface area contributed by atoms with Gasteiger partial charge in [-0.3, -0.25) is 5.32 Å². The number of ether oxygens (including phenoxy) is 1. The summed E-state index contributed by atoms with van der Waals surface area (Å²) in [5.41, 5.74) is 3.86. The number of carbonyl (C=O) groups excluding carboxylic acids is 1. The minimum absolute atomic E-state index is 0.481. The first-order valence-electron chi connectivity index (χ1n) is 5.86. The average molecular weight is 331 g/mol. The van der Waals surface area contributed by atoms with Gasteiger partial charge in [0.15, 0.2) is 0 Å². The summed E-state index contributed by atoms with van der Waals surface area (Å²) in [5.74, 6) is 0. The SMILES string of the molecule is CONCc1ccc(Br)c(NC(=O)OC(C)(C)C)c1. The fourth-order valence-electron chi connectivity index (χ4n) is 1.35. The molecule has 0 unspecified atom stereocenters. The third kappa shape index (κ3) is 6.04. The fraction of sp³-hybridized carbons (Fsp3) is 0.462. The summed E-state index contributed by atoms with van der Waals surface area (Å²) in [6.45, 7) is 6.01. The van der Waals surface area contributed by atoms with Crippen LogP contribution in [0.5, 0.6) is 0 Å². The van der Waals surface area contributed by atoms with Gasteiger partial charge in [-0.1, -0.05) is 6.07 Å². The van der Waals surface area contributed by atoms with Gasteiger partial charge in [0.05, 0.1) is 12.8 Å². The van der Waals surface area contributed by atoms with Crippen molar-refractivity contribution in [2.75, 3.05) is 12.4 Å². The maximum atomic E-state index is 11.7. The standard InChI is InChI=1S/C13H19BrN2O3/c1-13(2,3)19-12(17)16-11-7-9(8-15-18-4)5-6-10(11)14/h5-7,15H,8H2,1-4H3,(H,16,17). The van der Waals surface area contributed by atoms with E-state index < -0.39 is 11.7 Å². The molecule has 0 aliphatic rings. The second-order valence-electron chi connectivity index (χ2n) is 4.97. The van der Waals surface area contributed by atoms with Crippen LogP contribution in [0.2, 0.25) is 0 Å². The number of anilines is 1. The summed E-state index contributed by atoms with van der Waals surface area (Å²) in [6, 6.07) is 5.63. The minimum Gasteiger partial charge on any atom is -0.444 e. The summed E-state index contributed by atoms with van der Waals surface area (Å²) in [7, 11) is 1.55. The lowest BCUT2D eigenvalue weighted by atomic mass is 10.2. The Morgan fingerprint density at radius 1 is 1.37 bits per heavy atom. The predicted octanol–water partition coefficient (Wildman–Crippen LogP) is 3.45. The van der Waals surface area contributed by atoms with E-state index in [-0.39, 0.29) is 0 Å². The van der Waals surface area contributed by atoms with E-state index in [0.717, 1.165) is 10.0 Å². The Bertz CT molecular complexity index is 444. The molecule has 0 saturated carbocycles. The highest BCUT2D eigenvalue weighted by atomic mass is 79.9. The van der Waals surface area contributed by atoms with Crippen molar-refractivity contribution in [2.24, 2.45) is 0 Å². The summed E-state index contributed by atoms with van der Waals surface area (Å²) in [4.78, 5) is 16.5. The van der Waals surface area contributed by atoms with Crippen LogP contribution in [0, 0.1) is 0 Å². The van der Waals surface area contributed by atoms with E-state index in [1.807, 2.05) is 39.0 Å². The molecule has 0 aliphatic carbocycles. The lowest BCUT2D eigenvalue weighted by Gasteiger charge is -2.20. The molecule has 0 aliphatic heterocycles. The summed E-state index contributed by atoms with van der Waals surface area (Å²) >= 11 is 3.38. The summed E-state index contributed by atoms with van der Waals surface area (Å²) in [6.07, 6.45) is -0.481. The van der Waals surface area contributed by atoms with E-state index in [2.05, 4.69) is 26.7 Å². The van der Waals surface area contributed by atoms with Crippen molar-refractivity contribution in [3.05, 3.63) is 28.2 Å². The Kier molecular flexibility index (Phi) is 5.78. The smallest absolute Gasteiger partial charge is 0.412 e. The second-order valence-corrected chi connectivity index (χ2v) is 5.82. The van der Waals surface area contributed by atoms with Crippen molar-refractivity contribution in [1.29, 1.82) is 0 Å². The van der Waals surface area contributed by atoms with Gasteiger partial charge >= 0.3 is 6.09 Å². The first-order chi connectivity index (χ1) is 8.81. The van der Waals surface area contributed by atoms with Crippen molar-refractivity contribution in [3.8, 4) is 0 Å². The third-order valence-electron chi connectivity index (χ3n) is 2.09. The number of hydroxylamine groups is 1.